The van der Waals surface area contributed by atoms with Crippen LogP contribution in [0.5, 0.6) is 5.75 Å². The number of aliphatic hydroxyl groups is 1. The van der Waals surface area contributed by atoms with Crippen LogP contribution in [0.15, 0.2) is 83.8 Å². The third kappa shape index (κ3) is 5.08. The molecular weight excluding hydrogens is 386 g/mol. The number of benzene rings is 3. The molecule has 0 unspecified atom stereocenters. The van der Waals surface area contributed by atoms with E-state index in [0.717, 1.165) is 5.56 Å². The van der Waals surface area contributed by atoms with Crippen LogP contribution in [-0.4, -0.2) is 13.5 Å². The molecule has 0 aliphatic rings. The molecule has 2 N–H and O–H groups in total. The van der Waals surface area contributed by atoms with Gasteiger partial charge in [0.15, 0.2) is 0 Å². The van der Waals surface area contributed by atoms with E-state index in [1.165, 1.54) is 12.1 Å². The van der Waals surface area contributed by atoms with E-state index in [-0.39, 0.29) is 4.90 Å². The standard InChI is InChI=1S/C20H18ClNO4S/c21-19-9-5-4-8-18(19)20(23)14-15-10-12-16(13-11-15)26-22-27(24,25)17-6-2-1-3-7-17/h1-13,20,22-23H,14H2/t20-/m1/s1. The van der Waals surface area contributed by atoms with Crippen molar-refractivity contribution in [3.8, 4) is 5.75 Å². The fourth-order valence-corrected chi connectivity index (χ4v) is 3.60. The highest BCUT2D eigenvalue weighted by Crippen LogP contribution is 2.26. The molecule has 0 fully saturated rings. The van der Waals surface area contributed by atoms with Crippen molar-refractivity contribution < 1.29 is 18.4 Å². The van der Waals surface area contributed by atoms with Gasteiger partial charge in [0.25, 0.3) is 10.0 Å². The summed E-state index contributed by atoms with van der Waals surface area (Å²) in [6.07, 6.45) is -0.359. The number of rotatable bonds is 7. The van der Waals surface area contributed by atoms with Gasteiger partial charge >= 0.3 is 0 Å². The molecule has 7 heteroatoms. The van der Waals surface area contributed by atoms with Gasteiger partial charge < -0.3 is 9.94 Å². The van der Waals surface area contributed by atoms with E-state index in [9.17, 15) is 13.5 Å². The average molecular weight is 404 g/mol. The minimum Gasteiger partial charge on any atom is -0.394 e. The van der Waals surface area contributed by atoms with Crippen LogP contribution in [0, 0.1) is 0 Å². The minimum atomic E-state index is -3.76. The predicted molar refractivity (Wildman–Crippen MR) is 104 cm³/mol. The molecule has 0 aliphatic heterocycles. The largest absolute Gasteiger partial charge is 0.394 e. The normalized spacial score (nSPS) is 12.5. The van der Waals surface area contributed by atoms with Crippen molar-refractivity contribution in [1.82, 2.24) is 4.89 Å². The molecule has 0 aliphatic carbocycles. The zero-order valence-electron chi connectivity index (χ0n) is 14.2. The molecule has 3 aromatic rings. The maximum Gasteiger partial charge on any atom is 0.271 e. The minimum absolute atomic E-state index is 0.115. The predicted octanol–water partition coefficient (Wildman–Crippen LogP) is 3.89. The Balaban J connectivity index is 1.61. The number of hydrogen-bond acceptors (Lipinski definition) is 4. The first kappa shape index (κ1) is 19.4. The van der Waals surface area contributed by atoms with Gasteiger partial charge in [-0.3, -0.25) is 0 Å². The lowest BCUT2D eigenvalue weighted by atomic mass is 10.0. The van der Waals surface area contributed by atoms with E-state index in [4.69, 9.17) is 16.4 Å². The summed E-state index contributed by atoms with van der Waals surface area (Å²) in [6, 6.07) is 21.9. The molecule has 1 atom stereocenters. The van der Waals surface area contributed by atoms with Crippen LogP contribution in [0.25, 0.3) is 0 Å². The molecule has 0 saturated heterocycles. The monoisotopic (exact) mass is 403 g/mol. The summed E-state index contributed by atoms with van der Waals surface area (Å²) in [5.41, 5.74) is 1.52. The number of nitrogens with one attached hydrogen (secondary N) is 1. The Kier molecular flexibility index (Phi) is 6.13. The lowest BCUT2D eigenvalue weighted by molar-refractivity contribution is 0.178. The van der Waals surface area contributed by atoms with E-state index in [1.54, 1.807) is 60.7 Å². The first-order valence-corrected chi connectivity index (χ1v) is 10.1. The average Bonchev–Trinajstić information content (AvgIpc) is 2.68. The Morgan fingerprint density at radius 3 is 2.22 bits per heavy atom. The fourth-order valence-electron chi connectivity index (χ4n) is 2.52. The molecule has 0 spiro atoms. The lowest BCUT2D eigenvalue weighted by Crippen LogP contribution is -2.27. The lowest BCUT2D eigenvalue weighted by Gasteiger charge is -2.13. The van der Waals surface area contributed by atoms with Crippen LogP contribution in [-0.2, 0) is 16.4 Å². The van der Waals surface area contributed by atoms with Crippen LogP contribution in [0.2, 0.25) is 5.02 Å². The maximum absolute atomic E-state index is 12.1. The van der Waals surface area contributed by atoms with E-state index in [1.807, 2.05) is 6.07 Å². The molecule has 3 rings (SSSR count). The van der Waals surface area contributed by atoms with Crippen molar-refractivity contribution in [2.75, 3.05) is 0 Å². The van der Waals surface area contributed by atoms with E-state index in [2.05, 4.69) is 4.89 Å². The number of sulfonamides is 1. The number of hydrogen-bond donors (Lipinski definition) is 2. The van der Waals surface area contributed by atoms with Gasteiger partial charge in [-0.2, -0.15) is 0 Å². The second-order valence-corrected chi connectivity index (χ2v) is 7.94. The van der Waals surface area contributed by atoms with Gasteiger partial charge in [0, 0.05) is 11.4 Å². The van der Waals surface area contributed by atoms with Gasteiger partial charge in [0.05, 0.1) is 11.0 Å². The zero-order valence-corrected chi connectivity index (χ0v) is 15.8. The zero-order chi connectivity index (χ0) is 19.3. The topological polar surface area (TPSA) is 75.6 Å². The first-order chi connectivity index (χ1) is 13.0. The highest BCUT2D eigenvalue weighted by molar-refractivity contribution is 7.89. The Morgan fingerprint density at radius 2 is 1.56 bits per heavy atom. The van der Waals surface area contributed by atoms with Crippen LogP contribution in [0.1, 0.15) is 17.2 Å². The van der Waals surface area contributed by atoms with E-state index in [0.29, 0.717) is 22.8 Å². The molecule has 0 aromatic heterocycles. The Hall–Kier alpha value is -2.38. The van der Waals surface area contributed by atoms with Gasteiger partial charge in [-0.15, -0.1) is 0 Å². The smallest absolute Gasteiger partial charge is 0.271 e. The second-order valence-electron chi connectivity index (χ2n) is 5.89. The van der Waals surface area contributed by atoms with Gasteiger partial charge in [-0.25, -0.2) is 8.42 Å². The van der Waals surface area contributed by atoms with Gasteiger partial charge in [0.1, 0.15) is 5.75 Å². The Bertz CT molecular complexity index is 992. The van der Waals surface area contributed by atoms with Crippen molar-refractivity contribution in [3.05, 3.63) is 95.0 Å². The summed E-state index contributed by atoms with van der Waals surface area (Å²) in [5.74, 6) is 0.338. The van der Waals surface area contributed by atoms with Crippen molar-refractivity contribution in [3.63, 3.8) is 0 Å². The van der Waals surface area contributed by atoms with Crippen molar-refractivity contribution in [2.24, 2.45) is 0 Å². The van der Waals surface area contributed by atoms with Gasteiger partial charge in [-0.05, 0) is 46.3 Å². The van der Waals surface area contributed by atoms with Gasteiger partial charge in [-0.1, -0.05) is 60.1 Å². The molecule has 0 heterocycles. The summed E-state index contributed by atoms with van der Waals surface area (Å²) in [6.45, 7) is 0. The molecule has 0 bridgehead atoms. The van der Waals surface area contributed by atoms with Crippen molar-refractivity contribution >= 4 is 21.6 Å². The molecule has 140 valence electrons. The Labute approximate surface area is 163 Å². The molecule has 0 radical (unpaired) electrons. The fraction of sp³-hybridized carbons (Fsp3) is 0.100. The third-order valence-corrected chi connectivity index (χ3v) is 5.48. The summed E-state index contributed by atoms with van der Waals surface area (Å²) in [5, 5.41) is 10.9. The van der Waals surface area contributed by atoms with Crippen molar-refractivity contribution in [2.45, 2.75) is 17.4 Å². The molecule has 3 aromatic carbocycles. The second kappa shape index (κ2) is 8.54. The molecular formula is C20H18ClNO4S. The molecule has 5 nitrogen and oxygen atoms in total. The summed E-state index contributed by atoms with van der Waals surface area (Å²) in [7, 11) is -3.76. The number of aliphatic hydroxyl groups excluding tert-OH is 1. The SMILES string of the molecule is O=S(=O)(NOc1ccc(C[C@@H](O)c2ccccc2Cl)cc1)c1ccccc1. The van der Waals surface area contributed by atoms with Crippen LogP contribution in [0.4, 0.5) is 0 Å². The summed E-state index contributed by atoms with van der Waals surface area (Å²) in [4.78, 5) is 7.37. The Morgan fingerprint density at radius 1 is 0.926 bits per heavy atom. The third-order valence-electron chi connectivity index (χ3n) is 3.94. The highest BCUT2D eigenvalue weighted by atomic mass is 35.5. The quantitative estimate of drug-likeness (QED) is 0.587. The summed E-state index contributed by atoms with van der Waals surface area (Å²) < 4.78 is 24.3. The molecule has 0 amide bonds. The van der Waals surface area contributed by atoms with Crippen molar-refractivity contribution in [1.29, 1.82) is 0 Å². The first-order valence-electron chi connectivity index (χ1n) is 8.21. The summed E-state index contributed by atoms with van der Waals surface area (Å²) >= 11 is 6.10. The van der Waals surface area contributed by atoms with E-state index >= 15 is 0 Å². The molecule has 27 heavy (non-hydrogen) atoms. The molecule has 0 saturated carbocycles. The van der Waals surface area contributed by atoms with Crippen LogP contribution < -0.4 is 9.72 Å². The highest BCUT2D eigenvalue weighted by Gasteiger charge is 2.15. The van der Waals surface area contributed by atoms with E-state index < -0.39 is 16.1 Å². The number of halogens is 1. The van der Waals surface area contributed by atoms with Crippen LogP contribution >= 0.6 is 11.6 Å². The maximum atomic E-state index is 12.1. The van der Waals surface area contributed by atoms with Gasteiger partial charge in [0.2, 0.25) is 0 Å². The van der Waals surface area contributed by atoms with Crippen LogP contribution in [0.3, 0.4) is 0 Å².